The SMILES string of the molecule is [2H]C([2H])([2H])N1c2cc(Cl)nc(=O)n2CC1(C)C. The summed E-state index contributed by atoms with van der Waals surface area (Å²) < 4.78 is 23.9. The average molecular weight is 217 g/mol. The second-order valence-corrected chi connectivity index (χ2v) is 4.34. The summed E-state index contributed by atoms with van der Waals surface area (Å²) in [6.45, 7) is 1.49. The lowest BCUT2D eigenvalue weighted by Crippen LogP contribution is -2.38. The second-order valence-electron chi connectivity index (χ2n) is 3.95. The molecule has 0 aromatic carbocycles. The first-order valence-electron chi connectivity index (χ1n) is 5.71. The summed E-state index contributed by atoms with van der Waals surface area (Å²) in [5.41, 5.74) is -1.20. The molecule has 0 aliphatic carbocycles. The molecule has 0 amide bonds. The van der Waals surface area contributed by atoms with E-state index in [0.717, 1.165) is 0 Å². The van der Waals surface area contributed by atoms with E-state index in [4.69, 9.17) is 15.7 Å². The van der Waals surface area contributed by atoms with Crippen LogP contribution in [0.25, 0.3) is 0 Å². The van der Waals surface area contributed by atoms with E-state index in [0.29, 0.717) is 5.82 Å². The molecule has 14 heavy (non-hydrogen) atoms. The van der Waals surface area contributed by atoms with Gasteiger partial charge >= 0.3 is 5.69 Å². The van der Waals surface area contributed by atoms with Gasteiger partial charge in [-0.25, -0.2) is 4.79 Å². The molecule has 1 aromatic rings. The van der Waals surface area contributed by atoms with E-state index < -0.39 is 18.2 Å². The van der Waals surface area contributed by atoms with Gasteiger partial charge in [0.15, 0.2) is 0 Å². The molecule has 1 aromatic heterocycles. The Labute approximate surface area is 91.3 Å². The van der Waals surface area contributed by atoms with Crippen LogP contribution in [-0.2, 0) is 6.54 Å². The molecule has 5 heteroatoms. The number of hydrogen-bond donors (Lipinski definition) is 0. The van der Waals surface area contributed by atoms with Gasteiger partial charge in [0.1, 0.15) is 11.0 Å². The van der Waals surface area contributed by atoms with Crippen molar-refractivity contribution in [3.8, 4) is 0 Å². The summed E-state index contributed by atoms with van der Waals surface area (Å²) in [4.78, 5) is 16.5. The van der Waals surface area contributed by atoms with Crippen LogP contribution < -0.4 is 10.6 Å². The number of rotatable bonds is 0. The van der Waals surface area contributed by atoms with E-state index >= 15 is 0 Å². The minimum absolute atomic E-state index is 0.00759. The maximum Gasteiger partial charge on any atom is 0.350 e. The third-order valence-corrected chi connectivity index (χ3v) is 2.53. The summed E-state index contributed by atoms with van der Waals surface area (Å²) in [6.07, 6.45) is 0. The first kappa shape index (κ1) is 6.45. The van der Waals surface area contributed by atoms with Crippen molar-refractivity contribution in [3.05, 3.63) is 21.7 Å². The Morgan fingerprint density at radius 3 is 3.07 bits per heavy atom. The quantitative estimate of drug-likeness (QED) is 0.611. The molecular weight excluding hydrogens is 202 g/mol. The molecular formula is C9H12ClN3O. The zero-order chi connectivity index (χ0) is 13.0. The Balaban J connectivity index is 2.68. The molecule has 4 nitrogen and oxygen atoms in total. The molecule has 0 bridgehead atoms. The highest BCUT2D eigenvalue weighted by atomic mass is 35.5. The number of nitrogens with zero attached hydrogens (tertiary/aromatic N) is 3. The molecule has 0 radical (unpaired) electrons. The standard InChI is InChI=1S/C9H12ClN3O/c1-9(2)5-13-7(12(9)3)4-6(10)11-8(13)14/h4H,5H2,1-3H3/i3D3. The van der Waals surface area contributed by atoms with Crippen molar-refractivity contribution in [1.29, 1.82) is 0 Å². The van der Waals surface area contributed by atoms with Gasteiger partial charge in [0, 0.05) is 17.2 Å². The molecule has 1 aliphatic rings. The lowest BCUT2D eigenvalue weighted by Gasteiger charge is -2.28. The van der Waals surface area contributed by atoms with Gasteiger partial charge in [0.05, 0.1) is 12.1 Å². The third-order valence-electron chi connectivity index (χ3n) is 2.34. The van der Waals surface area contributed by atoms with Gasteiger partial charge in [0.2, 0.25) is 0 Å². The topological polar surface area (TPSA) is 38.1 Å². The van der Waals surface area contributed by atoms with Crippen molar-refractivity contribution in [2.24, 2.45) is 0 Å². The fourth-order valence-electron chi connectivity index (χ4n) is 1.57. The van der Waals surface area contributed by atoms with E-state index in [-0.39, 0.29) is 11.7 Å². The molecule has 0 N–H and O–H groups in total. The molecule has 2 heterocycles. The summed E-state index contributed by atoms with van der Waals surface area (Å²) >= 11 is 5.70. The van der Waals surface area contributed by atoms with Gasteiger partial charge in [-0.05, 0) is 13.8 Å². The minimum Gasteiger partial charge on any atom is -0.354 e. The fraction of sp³-hybridized carbons (Fsp3) is 0.556. The predicted octanol–water partition coefficient (Wildman–Crippen LogP) is 1.13. The van der Waals surface area contributed by atoms with Crippen molar-refractivity contribution < 1.29 is 4.11 Å². The van der Waals surface area contributed by atoms with Crippen LogP contribution in [-0.4, -0.2) is 22.1 Å². The number of hydrogen-bond acceptors (Lipinski definition) is 3. The normalized spacial score (nSPS) is 22.5. The Kier molecular flexibility index (Phi) is 1.26. The maximum absolute atomic E-state index is 11.6. The lowest BCUT2D eigenvalue weighted by molar-refractivity contribution is 0.466. The molecule has 0 fully saturated rings. The van der Waals surface area contributed by atoms with Crippen molar-refractivity contribution in [3.63, 3.8) is 0 Å². The second kappa shape index (κ2) is 2.73. The van der Waals surface area contributed by atoms with Crippen LogP contribution in [0.2, 0.25) is 5.15 Å². The molecule has 0 atom stereocenters. The summed E-state index contributed by atoms with van der Waals surface area (Å²) in [7, 11) is 0. The van der Waals surface area contributed by atoms with Gasteiger partial charge in [-0.15, -0.1) is 0 Å². The van der Waals surface area contributed by atoms with Crippen molar-refractivity contribution in [1.82, 2.24) is 9.55 Å². The molecule has 0 saturated carbocycles. The van der Waals surface area contributed by atoms with E-state index in [9.17, 15) is 4.79 Å². The fourth-order valence-corrected chi connectivity index (χ4v) is 1.74. The first-order valence-corrected chi connectivity index (χ1v) is 4.58. The molecule has 1 aliphatic heterocycles. The smallest absolute Gasteiger partial charge is 0.350 e. The highest BCUT2D eigenvalue weighted by Gasteiger charge is 2.34. The number of fused-ring (bicyclic) bond motifs is 1. The lowest BCUT2D eigenvalue weighted by atomic mass is 10.1. The summed E-state index contributed by atoms with van der Waals surface area (Å²) in [6, 6.07) is 1.41. The van der Waals surface area contributed by atoms with E-state index in [2.05, 4.69) is 4.98 Å². The van der Waals surface area contributed by atoms with Crippen LogP contribution >= 0.6 is 11.6 Å². The third kappa shape index (κ3) is 1.21. The zero-order valence-electron chi connectivity index (χ0n) is 10.9. The van der Waals surface area contributed by atoms with Crippen molar-refractivity contribution >= 4 is 17.4 Å². The van der Waals surface area contributed by atoms with Crippen LogP contribution in [0.4, 0.5) is 5.82 Å². The molecule has 0 spiro atoms. The number of likely N-dealkylation sites (N-methyl/N-ethyl adjacent to an activating group) is 1. The monoisotopic (exact) mass is 216 g/mol. The summed E-state index contributed by atoms with van der Waals surface area (Å²) in [5, 5.41) is 0.00759. The van der Waals surface area contributed by atoms with Gasteiger partial charge in [0.25, 0.3) is 0 Å². The highest BCUT2D eigenvalue weighted by molar-refractivity contribution is 6.29. The Hall–Kier alpha value is -1.03. The van der Waals surface area contributed by atoms with Gasteiger partial charge < -0.3 is 4.90 Å². The van der Waals surface area contributed by atoms with Crippen LogP contribution in [0.3, 0.4) is 0 Å². The summed E-state index contributed by atoms with van der Waals surface area (Å²) in [5.74, 6) is 0.292. The van der Waals surface area contributed by atoms with Crippen LogP contribution in [0.1, 0.15) is 18.0 Å². The molecule has 76 valence electrons. The Morgan fingerprint density at radius 1 is 1.71 bits per heavy atom. The Bertz CT molecular complexity index is 523. The zero-order valence-corrected chi connectivity index (χ0v) is 8.67. The number of aromatic nitrogens is 2. The van der Waals surface area contributed by atoms with Gasteiger partial charge in [-0.1, -0.05) is 11.6 Å². The maximum atomic E-state index is 11.6. The highest BCUT2D eigenvalue weighted by Crippen LogP contribution is 2.30. The molecule has 2 rings (SSSR count). The van der Waals surface area contributed by atoms with Crippen LogP contribution in [0.15, 0.2) is 10.9 Å². The van der Waals surface area contributed by atoms with Gasteiger partial charge in [-0.2, -0.15) is 4.98 Å². The Morgan fingerprint density at radius 2 is 2.43 bits per heavy atom. The van der Waals surface area contributed by atoms with Crippen molar-refractivity contribution in [2.75, 3.05) is 11.9 Å². The first-order chi connectivity index (χ1) is 7.63. The van der Waals surface area contributed by atoms with E-state index in [1.165, 1.54) is 15.5 Å². The molecule has 0 saturated heterocycles. The van der Waals surface area contributed by atoms with Gasteiger partial charge in [-0.3, -0.25) is 4.57 Å². The average Bonchev–Trinajstić information content (AvgIpc) is 2.34. The van der Waals surface area contributed by atoms with E-state index in [1.807, 2.05) is 0 Å². The minimum atomic E-state index is -2.32. The largest absolute Gasteiger partial charge is 0.354 e. The van der Waals surface area contributed by atoms with Crippen LogP contribution in [0.5, 0.6) is 0 Å². The number of anilines is 1. The molecule has 0 unspecified atom stereocenters. The van der Waals surface area contributed by atoms with E-state index in [1.54, 1.807) is 13.8 Å². The predicted molar refractivity (Wildman–Crippen MR) is 56.0 cm³/mol. The van der Waals surface area contributed by atoms with Crippen molar-refractivity contribution in [2.45, 2.75) is 25.9 Å². The number of halogens is 1. The van der Waals surface area contributed by atoms with Crippen LogP contribution in [0, 0.1) is 0 Å².